The second-order valence-electron chi connectivity index (χ2n) is 7.57. The maximum Gasteiger partial charge on any atom is 0.246 e. The molecular weight excluding hydrogens is 254 g/mol. The van der Waals surface area contributed by atoms with E-state index in [1.807, 2.05) is 0 Å². The van der Waals surface area contributed by atoms with Crippen molar-refractivity contribution >= 4 is 5.91 Å². The smallest absolute Gasteiger partial charge is 0.246 e. The van der Waals surface area contributed by atoms with Gasteiger partial charge in [-0.25, -0.2) is 0 Å². The quantitative estimate of drug-likeness (QED) is 0.815. The van der Waals surface area contributed by atoms with Gasteiger partial charge < -0.3 is 14.8 Å². The van der Waals surface area contributed by atoms with E-state index in [9.17, 15) is 4.79 Å². The van der Waals surface area contributed by atoms with Crippen LogP contribution in [0.2, 0.25) is 0 Å². The molecule has 1 atom stereocenters. The van der Waals surface area contributed by atoms with E-state index < -0.39 is 0 Å². The van der Waals surface area contributed by atoms with E-state index in [1.165, 1.54) is 6.42 Å². The largest absolute Gasteiger partial charge is 0.376 e. The average molecular weight is 283 g/mol. The molecule has 1 saturated carbocycles. The van der Waals surface area contributed by atoms with Crippen LogP contribution in [-0.4, -0.2) is 37.4 Å². The lowest BCUT2D eigenvalue weighted by Gasteiger charge is -2.27. The minimum Gasteiger partial charge on any atom is -0.376 e. The van der Waals surface area contributed by atoms with Gasteiger partial charge in [0.05, 0.1) is 12.7 Å². The Hall–Kier alpha value is -0.610. The fourth-order valence-electron chi connectivity index (χ4n) is 3.07. The number of hydrogen-bond donors (Lipinski definition) is 1. The third-order valence-electron chi connectivity index (χ3n) is 3.94. The van der Waals surface area contributed by atoms with E-state index in [-0.39, 0.29) is 29.6 Å². The van der Waals surface area contributed by atoms with Crippen molar-refractivity contribution in [2.45, 2.75) is 70.9 Å². The van der Waals surface area contributed by atoms with E-state index in [4.69, 9.17) is 9.47 Å². The van der Waals surface area contributed by atoms with Crippen LogP contribution in [0.5, 0.6) is 0 Å². The first-order valence-electron chi connectivity index (χ1n) is 7.89. The molecule has 20 heavy (non-hydrogen) atoms. The van der Waals surface area contributed by atoms with Crippen molar-refractivity contribution in [3.63, 3.8) is 0 Å². The third kappa shape index (κ3) is 5.41. The molecular formula is C16H29NO3. The summed E-state index contributed by atoms with van der Waals surface area (Å²) in [6, 6.07) is 0. The van der Waals surface area contributed by atoms with Crippen molar-refractivity contribution in [2.24, 2.45) is 5.41 Å². The Balaban J connectivity index is 1.63. The molecule has 1 heterocycles. The lowest BCUT2D eigenvalue weighted by atomic mass is 9.87. The highest BCUT2D eigenvalue weighted by atomic mass is 16.5. The van der Waals surface area contributed by atoms with E-state index >= 15 is 0 Å². The molecule has 0 spiro atoms. The predicted molar refractivity (Wildman–Crippen MR) is 78.6 cm³/mol. The van der Waals surface area contributed by atoms with Crippen LogP contribution in [0.25, 0.3) is 0 Å². The normalized spacial score (nSPS) is 25.2. The van der Waals surface area contributed by atoms with Crippen molar-refractivity contribution in [3.8, 4) is 0 Å². The minimum atomic E-state index is 0.0163. The van der Waals surface area contributed by atoms with E-state index in [1.54, 1.807) is 0 Å². The molecule has 0 aromatic carbocycles. The van der Waals surface area contributed by atoms with Crippen molar-refractivity contribution in [1.82, 2.24) is 5.32 Å². The van der Waals surface area contributed by atoms with Crippen LogP contribution in [0.3, 0.4) is 0 Å². The Bertz CT molecular complexity index is 325. The van der Waals surface area contributed by atoms with Crippen LogP contribution in [0.15, 0.2) is 0 Å². The van der Waals surface area contributed by atoms with Crippen LogP contribution in [0.4, 0.5) is 0 Å². The lowest BCUT2D eigenvalue weighted by Crippen LogP contribution is -2.41. The van der Waals surface area contributed by atoms with E-state index in [0.717, 1.165) is 38.7 Å². The first kappa shape index (κ1) is 15.8. The maximum absolute atomic E-state index is 11.9. The van der Waals surface area contributed by atoms with Crippen LogP contribution >= 0.6 is 0 Å². The molecule has 4 heteroatoms. The molecule has 0 aromatic heterocycles. The predicted octanol–water partition coefficient (Wildman–Crippen LogP) is 2.66. The van der Waals surface area contributed by atoms with E-state index in [2.05, 4.69) is 26.1 Å². The number of amides is 1. The molecule has 0 bridgehead atoms. The van der Waals surface area contributed by atoms with Gasteiger partial charge in [-0.1, -0.05) is 20.8 Å². The number of nitrogens with one attached hydrogen (secondary N) is 1. The molecule has 2 rings (SSSR count). The second kappa shape index (κ2) is 6.44. The van der Waals surface area contributed by atoms with Crippen molar-refractivity contribution in [2.75, 3.05) is 19.8 Å². The molecule has 1 unspecified atom stereocenters. The van der Waals surface area contributed by atoms with Crippen LogP contribution < -0.4 is 5.32 Å². The first-order valence-corrected chi connectivity index (χ1v) is 7.89. The highest BCUT2D eigenvalue weighted by molar-refractivity contribution is 5.78. The van der Waals surface area contributed by atoms with Gasteiger partial charge in [0.1, 0.15) is 6.61 Å². The zero-order valence-corrected chi connectivity index (χ0v) is 13.2. The molecule has 2 aliphatic rings. The highest BCUT2D eigenvalue weighted by Gasteiger charge is 2.46. The van der Waals surface area contributed by atoms with Crippen LogP contribution in [0, 0.1) is 5.41 Å². The van der Waals surface area contributed by atoms with Crippen molar-refractivity contribution in [1.29, 1.82) is 0 Å². The summed E-state index contributed by atoms with van der Waals surface area (Å²) in [6.07, 6.45) is 6.82. The molecule has 1 aliphatic heterocycles. The Morgan fingerprint density at radius 3 is 2.65 bits per heavy atom. The summed E-state index contributed by atoms with van der Waals surface area (Å²) in [5, 5.41) is 3.16. The molecule has 1 aliphatic carbocycles. The fraction of sp³-hybridized carbons (Fsp3) is 0.938. The number of carbonyl (C=O) groups excluding carboxylic acids is 1. The lowest BCUT2D eigenvalue weighted by molar-refractivity contribution is -0.129. The zero-order valence-electron chi connectivity index (χ0n) is 13.2. The number of hydrogen-bond acceptors (Lipinski definition) is 3. The Morgan fingerprint density at radius 1 is 1.35 bits per heavy atom. The summed E-state index contributed by atoms with van der Waals surface area (Å²) >= 11 is 0. The molecule has 2 fully saturated rings. The minimum absolute atomic E-state index is 0.0163. The first-order chi connectivity index (χ1) is 9.39. The van der Waals surface area contributed by atoms with Crippen LogP contribution in [0.1, 0.15) is 59.3 Å². The summed E-state index contributed by atoms with van der Waals surface area (Å²) in [6.45, 7) is 8.18. The Morgan fingerprint density at radius 2 is 2.10 bits per heavy atom. The number of ether oxygens (including phenoxy) is 2. The summed E-state index contributed by atoms with van der Waals surface area (Å²) in [5.41, 5.74) is 0.292. The van der Waals surface area contributed by atoms with Gasteiger partial charge in [0.15, 0.2) is 0 Å². The molecule has 116 valence electrons. The van der Waals surface area contributed by atoms with Crippen LogP contribution in [-0.2, 0) is 14.3 Å². The van der Waals surface area contributed by atoms with Gasteiger partial charge in [0.2, 0.25) is 5.91 Å². The fourth-order valence-corrected chi connectivity index (χ4v) is 3.07. The summed E-state index contributed by atoms with van der Waals surface area (Å²) in [5.74, 6) is 0.0163. The molecule has 1 N–H and O–H groups in total. The molecule has 1 amide bonds. The molecule has 0 aromatic rings. The average Bonchev–Trinajstić information content (AvgIpc) is 3.07. The second-order valence-corrected chi connectivity index (χ2v) is 7.57. The monoisotopic (exact) mass is 283 g/mol. The topological polar surface area (TPSA) is 47.6 Å². The molecule has 0 radical (unpaired) electrons. The van der Waals surface area contributed by atoms with Gasteiger partial charge in [0.25, 0.3) is 0 Å². The standard InChI is InChI=1S/C16H29NO3/c1-15(2,3)12-16(7-8-16)17-14(18)11-19-10-13-6-4-5-9-20-13/h13H,4-12H2,1-3H3,(H,17,18). The van der Waals surface area contributed by atoms with Gasteiger partial charge in [-0.05, 0) is 43.9 Å². The number of carbonyl (C=O) groups is 1. The Kier molecular flexibility index (Phi) is 5.08. The van der Waals surface area contributed by atoms with Gasteiger partial charge in [-0.2, -0.15) is 0 Å². The molecule has 1 saturated heterocycles. The number of rotatable bonds is 6. The van der Waals surface area contributed by atoms with E-state index in [0.29, 0.717) is 6.61 Å². The third-order valence-corrected chi connectivity index (χ3v) is 3.94. The SMILES string of the molecule is CC(C)(C)CC1(NC(=O)COCC2CCCCO2)CC1. The van der Waals surface area contributed by atoms with Gasteiger partial charge in [-0.3, -0.25) is 4.79 Å². The van der Waals surface area contributed by atoms with Crippen molar-refractivity contribution < 1.29 is 14.3 Å². The summed E-state index contributed by atoms with van der Waals surface area (Å²) < 4.78 is 11.1. The highest BCUT2D eigenvalue weighted by Crippen LogP contribution is 2.44. The Labute approximate surface area is 122 Å². The van der Waals surface area contributed by atoms with Gasteiger partial charge >= 0.3 is 0 Å². The van der Waals surface area contributed by atoms with Gasteiger partial charge in [0, 0.05) is 12.1 Å². The zero-order chi connectivity index (χ0) is 14.6. The maximum atomic E-state index is 11.9. The summed E-state index contributed by atoms with van der Waals surface area (Å²) in [7, 11) is 0. The van der Waals surface area contributed by atoms with Crippen molar-refractivity contribution in [3.05, 3.63) is 0 Å². The summed E-state index contributed by atoms with van der Waals surface area (Å²) in [4.78, 5) is 11.9. The van der Waals surface area contributed by atoms with Gasteiger partial charge in [-0.15, -0.1) is 0 Å². The molecule has 4 nitrogen and oxygen atoms in total.